The molecule has 0 radical (unpaired) electrons. The Hall–Kier alpha value is -1.36. The molecular formula is C13H23N3O2. The van der Waals surface area contributed by atoms with E-state index >= 15 is 0 Å². The second-order valence-electron chi connectivity index (χ2n) is 4.96. The zero-order valence-electron chi connectivity index (χ0n) is 11.8. The van der Waals surface area contributed by atoms with Gasteiger partial charge < -0.3 is 10.0 Å². The van der Waals surface area contributed by atoms with Gasteiger partial charge in [-0.3, -0.25) is 9.48 Å². The molecule has 102 valence electrons. The molecule has 0 fully saturated rings. The van der Waals surface area contributed by atoms with Crippen molar-refractivity contribution in [2.75, 3.05) is 13.6 Å². The fourth-order valence-electron chi connectivity index (χ4n) is 1.81. The lowest BCUT2D eigenvalue weighted by Gasteiger charge is -2.18. The monoisotopic (exact) mass is 253 g/mol. The average Bonchev–Trinajstić information content (AvgIpc) is 2.70. The van der Waals surface area contributed by atoms with Gasteiger partial charge in [0.25, 0.3) is 5.91 Å². The van der Waals surface area contributed by atoms with E-state index in [9.17, 15) is 9.90 Å². The number of aliphatic hydroxyl groups excluding tert-OH is 1. The van der Waals surface area contributed by atoms with Crippen molar-refractivity contribution >= 4 is 5.91 Å². The smallest absolute Gasteiger partial charge is 0.271 e. The Morgan fingerprint density at radius 3 is 2.56 bits per heavy atom. The van der Waals surface area contributed by atoms with E-state index in [-0.39, 0.29) is 5.91 Å². The van der Waals surface area contributed by atoms with Gasteiger partial charge in [-0.15, -0.1) is 0 Å². The molecule has 1 rings (SSSR count). The molecule has 0 aliphatic carbocycles. The third-order valence-electron chi connectivity index (χ3n) is 2.79. The van der Waals surface area contributed by atoms with Crippen molar-refractivity contribution in [3.05, 3.63) is 17.5 Å². The maximum atomic E-state index is 12.2. The van der Waals surface area contributed by atoms with Crippen LogP contribution in [0.5, 0.6) is 0 Å². The van der Waals surface area contributed by atoms with E-state index in [1.54, 1.807) is 18.7 Å². The molecule has 1 atom stereocenters. The Morgan fingerprint density at radius 1 is 1.50 bits per heavy atom. The van der Waals surface area contributed by atoms with Crippen molar-refractivity contribution in [1.29, 1.82) is 0 Å². The van der Waals surface area contributed by atoms with Gasteiger partial charge in [-0.1, -0.05) is 13.8 Å². The fourth-order valence-corrected chi connectivity index (χ4v) is 1.81. The number of aliphatic hydroxyl groups is 1. The summed E-state index contributed by atoms with van der Waals surface area (Å²) >= 11 is 0. The summed E-state index contributed by atoms with van der Waals surface area (Å²) in [6.45, 7) is 8.72. The average molecular weight is 253 g/mol. The topological polar surface area (TPSA) is 58.4 Å². The molecule has 0 saturated heterocycles. The van der Waals surface area contributed by atoms with Crippen LogP contribution in [-0.4, -0.2) is 45.4 Å². The van der Waals surface area contributed by atoms with Crippen molar-refractivity contribution in [1.82, 2.24) is 14.7 Å². The lowest BCUT2D eigenvalue weighted by atomic mass is 10.1. The van der Waals surface area contributed by atoms with E-state index in [1.807, 2.05) is 13.0 Å². The second kappa shape index (κ2) is 6.00. The zero-order chi connectivity index (χ0) is 13.9. The van der Waals surface area contributed by atoms with Crippen LogP contribution in [0, 0.1) is 0 Å². The molecule has 1 unspecified atom stereocenters. The van der Waals surface area contributed by atoms with Crippen molar-refractivity contribution in [2.45, 2.75) is 46.3 Å². The van der Waals surface area contributed by atoms with Crippen LogP contribution < -0.4 is 0 Å². The molecule has 1 aromatic heterocycles. The molecule has 18 heavy (non-hydrogen) atoms. The van der Waals surface area contributed by atoms with Gasteiger partial charge in [0, 0.05) is 20.1 Å². The van der Waals surface area contributed by atoms with Crippen LogP contribution >= 0.6 is 0 Å². The summed E-state index contributed by atoms with van der Waals surface area (Å²) in [6.07, 6.45) is -0.526. The van der Waals surface area contributed by atoms with E-state index in [0.717, 1.165) is 5.69 Å². The molecule has 0 spiro atoms. The van der Waals surface area contributed by atoms with E-state index in [1.165, 1.54) is 4.90 Å². The Kier molecular flexibility index (Phi) is 4.90. The second-order valence-corrected chi connectivity index (χ2v) is 4.96. The normalized spacial score (nSPS) is 12.8. The standard InChI is InChI=1S/C13H23N3O2/c1-6-16-12(7-11(14-16)9(2)3)13(18)15(5)8-10(4)17/h7,9-10,17H,6,8H2,1-5H3. The van der Waals surface area contributed by atoms with Crippen LogP contribution in [0.4, 0.5) is 0 Å². The number of hydrogen-bond acceptors (Lipinski definition) is 3. The Morgan fingerprint density at radius 2 is 2.11 bits per heavy atom. The van der Waals surface area contributed by atoms with Gasteiger partial charge in [0.15, 0.2) is 0 Å². The number of aryl methyl sites for hydroxylation is 1. The highest BCUT2D eigenvalue weighted by atomic mass is 16.3. The number of aromatic nitrogens is 2. The number of amides is 1. The molecule has 5 nitrogen and oxygen atoms in total. The number of hydrogen-bond donors (Lipinski definition) is 1. The first kappa shape index (κ1) is 14.7. The number of carbonyl (C=O) groups excluding carboxylic acids is 1. The summed E-state index contributed by atoms with van der Waals surface area (Å²) < 4.78 is 1.72. The van der Waals surface area contributed by atoms with Gasteiger partial charge in [0.1, 0.15) is 5.69 Å². The van der Waals surface area contributed by atoms with E-state index in [4.69, 9.17) is 0 Å². The third-order valence-corrected chi connectivity index (χ3v) is 2.79. The summed E-state index contributed by atoms with van der Waals surface area (Å²) in [5.41, 5.74) is 1.51. The predicted molar refractivity (Wildman–Crippen MR) is 70.6 cm³/mol. The number of carbonyl (C=O) groups is 1. The summed E-state index contributed by atoms with van der Waals surface area (Å²) in [5.74, 6) is 0.198. The molecule has 0 aliphatic heterocycles. The van der Waals surface area contributed by atoms with Crippen LogP contribution in [0.15, 0.2) is 6.07 Å². The Balaban J connectivity index is 2.97. The van der Waals surface area contributed by atoms with Gasteiger partial charge in [0.2, 0.25) is 0 Å². The number of nitrogens with zero attached hydrogens (tertiary/aromatic N) is 3. The van der Waals surface area contributed by atoms with Crippen LogP contribution in [0.25, 0.3) is 0 Å². The maximum absolute atomic E-state index is 12.2. The minimum Gasteiger partial charge on any atom is -0.392 e. The summed E-state index contributed by atoms with van der Waals surface area (Å²) in [5, 5.41) is 13.7. The highest BCUT2D eigenvalue weighted by Gasteiger charge is 2.20. The van der Waals surface area contributed by atoms with E-state index in [0.29, 0.717) is 24.7 Å². The molecule has 1 aromatic rings. The molecule has 5 heteroatoms. The maximum Gasteiger partial charge on any atom is 0.271 e. The van der Waals surface area contributed by atoms with E-state index < -0.39 is 6.10 Å². The summed E-state index contributed by atoms with van der Waals surface area (Å²) in [7, 11) is 1.69. The minimum atomic E-state index is -0.526. The largest absolute Gasteiger partial charge is 0.392 e. The molecule has 1 heterocycles. The van der Waals surface area contributed by atoms with Gasteiger partial charge in [0.05, 0.1) is 11.8 Å². The number of likely N-dealkylation sites (N-methyl/N-ethyl adjacent to an activating group) is 1. The number of rotatable bonds is 5. The van der Waals surface area contributed by atoms with Crippen LogP contribution in [0.2, 0.25) is 0 Å². The highest BCUT2D eigenvalue weighted by molar-refractivity contribution is 5.92. The molecule has 0 aromatic carbocycles. The van der Waals surface area contributed by atoms with Crippen molar-refractivity contribution in [3.8, 4) is 0 Å². The molecule has 0 saturated carbocycles. The molecule has 1 N–H and O–H groups in total. The molecular weight excluding hydrogens is 230 g/mol. The summed E-state index contributed by atoms with van der Waals surface area (Å²) in [4.78, 5) is 13.8. The van der Waals surface area contributed by atoms with Crippen LogP contribution in [-0.2, 0) is 6.54 Å². The first-order valence-corrected chi connectivity index (χ1v) is 6.38. The Bertz CT molecular complexity index is 410. The highest BCUT2D eigenvalue weighted by Crippen LogP contribution is 2.15. The lowest BCUT2D eigenvalue weighted by molar-refractivity contribution is 0.0692. The summed E-state index contributed by atoms with van der Waals surface area (Å²) in [6, 6.07) is 1.84. The van der Waals surface area contributed by atoms with Gasteiger partial charge in [-0.2, -0.15) is 5.10 Å². The molecule has 1 amide bonds. The van der Waals surface area contributed by atoms with Gasteiger partial charge in [-0.05, 0) is 25.8 Å². The quantitative estimate of drug-likeness (QED) is 0.864. The van der Waals surface area contributed by atoms with Crippen molar-refractivity contribution < 1.29 is 9.90 Å². The third kappa shape index (κ3) is 3.32. The zero-order valence-corrected chi connectivity index (χ0v) is 11.8. The van der Waals surface area contributed by atoms with Crippen molar-refractivity contribution in [3.63, 3.8) is 0 Å². The fraction of sp³-hybridized carbons (Fsp3) is 0.692. The molecule has 0 bridgehead atoms. The van der Waals surface area contributed by atoms with Crippen molar-refractivity contribution in [2.24, 2.45) is 0 Å². The lowest BCUT2D eigenvalue weighted by Crippen LogP contribution is -2.34. The predicted octanol–water partition coefficient (Wildman–Crippen LogP) is 1.48. The van der Waals surface area contributed by atoms with Gasteiger partial charge in [-0.25, -0.2) is 0 Å². The Labute approximate surface area is 108 Å². The first-order valence-electron chi connectivity index (χ1n) is 6.38. The SMILES string of the molecule is CCn1nc(C(C)C)cc1C(=O)N(C)CC(C)O. The van der Waals surface area contributed by atoms with Crippen LogP contribution in [0.3, 0.4) is 0 Å². The van der Waals surface area contributed by atoms with Gasteiger partial charge >= 0.3 is 0 Å². The van der Waals surface area contributed by atoms with E-state index in [2.05, 4.69) is 18.9 Å². The van der Waals surface area contributed by atoms with Crippen LogP contribution in [0.1, 0.15) is 49.8 Å². The first-order chi connectivity index (χ1) is 8.36. The molecule has 0 aliphatic rings. The minimum absolute atomic E-state index is 0.0999.